The normalized spacial score (nSPS) is 23.0. The molecular weight excluding hydrogens is 383 g/mol. The smallest absolute Gasteiger partial charge is 0.154 e. The number of hydrogen-bond acceptors (Lipinski definition) is 4. The Bertz CT molecular complexity index is 858. The molecule has 4 nitrogen and oxygen atoms in total. The van der Waals surface area contributed by atoms with Gasteiger partial charge in [0.15, 0.2) is 6.29 Å². The zero-order valence-electron chi connectivity index (χ0n) is 17.6. The van der Waals surface area contributed by atoms with Crippen LogP contribution < -0.4 is 9.47 Å². The topological polar surface area (TPSA) is 58.9 Å². The molecule has 1 unspecified atom stereocenters. The average molecular weight is 415 g/mol. The number of aliphatic hydroxyl groups excluding tert-OH is 1. The maximum absolute atomic E-state index is 14.1. The molecule has 0 heterocycles. The predicted molar refractivity (Wildman–Crippen MR) is 113 cm³/mol. The molecule has 2 N–H and O–H groups in total. The van der Waals surface area contributed by atoms with Gasteiger partial charge in [0.05, 0.1) is 13.7 Å². The number of hydrogen-bond donors (Lipinski definition) is 2. The molecule has 2 atom stereocenters. The highest BCUT2D eigenvalue weighted by Gasteiger charge is 2.38. The van der Waals surface area contributed by atoms with Crippen molar-refractivity contribution in [1.82, 2.24) is 0 Å². The molecule has 0 saturated heterocycles. The van der Waals surface area contributed by atoms with E-state index < -0.39 is 6.29 Å². The van der Waals surface area contributed by atoms with E-state index in [1.165, 1.54) is 6.07 Å². The van der Waals surface area contributed by atoms with Crippen LogP contribution >= 0.6 is 0 Å². The summed E-state index contributed by atoms with van der Waals surface area (Å²) in [6.07, 6.45) is 2.77. The fourth-order valence-corrected chi connectivity index (χ4v) is 4.76. The Labute approximate surface area is 177 Å². The van der Waals surface area contributed by atoms with Crippen molar-refractivity contribution in [3.05, 3.63) is 59.4 Å². The summed E-state index contributed by atoms with van der Waals surface area (Å²) in [6, 6.07) is 13.0. The van der Waals surface area contributed by atoms with E-state index in [0.717, 1.165) is 42.6 Å². The Balaban J connectivity index is 1.34. The van der Waals surface area contributed by atoms with Gasteiger partial charge in [-0.2, -0.15) is 0 Å². The minimum Gasteiger partial charge on any atom is -0.497 e. The third-order valence-electron chi connectivity index (χ3n) is 6.77. The van der Waals surface area contributed by atoms with Gasteiger partial charge in [0.1, 0.15) is 17.3 Å². The molecule has 2 fully saturated rings. The number of benzene rings is 2. The van der Waals surface area contributed by atoms with Gasteiger partial charge in [-0.25, -0.2) is 4.39 Å². The molecule has 4 rings (SSSR count). The number of ether oxygens (including phenoxy) is 2. The molecule has 0 amide bonds. The minimum absolute atomic E-state index is 0.137. The van der Waals surface area contributed by atoms with Crippen LogP contribution in [0.2, 0.25) is 0 Å². The van der Waals surface area contributed by atoms with Crippen molar-refractivity contribution in [2.24, 2.45) is 17.8 Å². The van der Waals surface area contributed by atoms with Crippen LogP contribution in [0.25, 0.3) is 0 Å². The second kappa shape index (κ2) is 8.94. The molecule has 2 aromatic carbocycles. The molecule has 0 spiro atoms. The number of methoxy groups -OCH3 is 1. The van der Waals surface area contributed by atoms with Gasteiger partial charge in [-0.1, -0.05) is 19.1 Å². The Kier molecular flexibility index (Phi) is 6.30. The molecule has 0 radical (unpaired) electrons. The van der Waals surface area contributed by atoms with E-state index in [2.05, 4.69) is 6.07 Å². The Morgan fingerprint density at radius 1 is 1.07 bits per heavy atom. The van der Waals surface area contributed by atoms with E-state index in [4.69, 9.17) is 9.47 Å². The third-order valence-corrected chi connectivity index (χ3v) is 6.77. The van der Waals surface area contributed by atoms with Crippen LogP contribution in [-0.4, -0.2) is 30.2 Å². The lowest BCUT2D eigenvalue weighted by Crippen LogP contribution is -2.28. The Morgan fingerprint density at radius 3 is 2.50 bits per heavy atom. The summed E-state index contributed by atoms with van der Waals surface area (Å²) in [5.74, 6) is 2.40. The highest BCUT2D eigenvalue weighted by molar-refractivity contribution is 5.34. The molecule has 162 valence electrons. The molecule has 2 aliphatic rings. The lowest BCUT2D eigenvalue weighted by Gasteiger charge is -2.35. The van der Waals surface area contributed by atoms with Crippen molar-refractivity contribution in [3.8, 4) is 11.5 Å². The van der Waals surface area contributed by atoms with E-state index in [1.807, 2.05) is 25.1 Å². The monoisotopic (exact) mass is 414 g/mol. The number of aliphatic hydroxyl groups is 2. The average Bonchev–Trinajstić information content (AvgIpc) is 3.53. The van der Waals surface area contributed by atoms with E-state index >= 15 is 0 Å². The van der Waals surface area contributed by atoms with Gasteiger partial charge >= 0.3 is 0 Å². The van der Waals surface area contributed by atoms with Crippen molar-refractivity contribution >= 4 is 0 Å². The van der Waals surface area contributed by atoms with Gasteiger partial charge in [-0.15, -0.1) is 0 Å². The lowest BCUT2D eigenvalue weighted by atomic mass is 9.71. The van der Waals surface area contributed by atoms with E-state index in [1.54, 1.807) is 19.2 Å². The van der Waals surface area contributed by atoms with Crippen LogP contribution in [0.3, 0.4) is 0 Å². The van der Waals surface area contributed by atoms with Crippen LogP contribution in [0.15, 0.2) is 42.5 Å². The van der Waals surface area contributed by atoms with Crippen molar-refractivity contribution in [1.29, 1.82) is 0 Å². The molecule has 0 aromatic heterocycles. The standard InChI is InChI=1S/C25H31FO4/c1-15(25(27)28)24(17-6-7-17)18-4-3-5-21(12-18)30-14-16-10-19(11-16)22-13-20(29-2)8-9-23(22)26/h3-5,8-9,12-13,15-17,19,24-25,27-28H,6-7,10-11,14H2,1-2H3/t15-,16?,19?,24?/m0/s1. The van der Waals surface area contributed by atoms with Crippen molar-refractivity contribution < 1.29 is 24.1 Å². The van der Waals surface area contributed by atoms with Crippen LogP contribution in [-0.2, 0) is 0 Å². The van der Waals surface area contributed by atoms with Crippen LogP contribution in [0, 0.1) is 23.6 Å². The first-order valence-electron chi connectivity index (χ1n) is 10.9. The van der Waals surface area contributed by atoms with Gasteiger partial charge in [0.25, 0.3) is 0 Å². The summed E-state index contributed by atoms with van der Waals surface area (Å²) in [7, 11) is 1.60. The minimum atomic E-state index is -1.32. The molecule has 2 aliphatic carbocycles. The SMILES string of the molecule is COc1ccc(F)c(C2CC(COc3cccc(C(C4CC4)[C@H](C)C(O)O)c3)C2)c1. The van der Waals surface area contributed by atoms with E-state index in [-0.39, 0.29) is 23.6 Å². The molecule has 0 bridgehead atoms. The first-order chi connectivity index (χ1) is 14.5. The summed E-state index contributed by atoms with van der Waals surface area (Å²) in [4.78, 5) is 0. The maximum atomic E-state index is 14.1. The largest absolute Gasteiger partial charge is 0.497 e. The second-order valence-corrected chi connectivity index (χ2v) is 8.94. The van der Waals surface area contributed by atoms with Gasteiger partial charge in [0, 0.05) is 5.92 Å². The molecule has 2 saturated carbocycles. The summed E-state index contributed by atoms with van der Waals surface area (Å²) in [5, 5.41) is 19.4. The van der Waals surface area contributed by atoms with E-state index in [9.17, 15) is 14.6 Å². The Morgan fingerprint density at radius 2 is 1.83 bits per heavy atom. The van der Waals surface area contributed by atoms with Gasteiger partial charge in [-0.3, -0.25) is 0 Å². The summed E-state index contributed by atoms with van der Waals surface area (Å²) in [5.41, 5.74) is 1.84. The predicted octanol–water partition coefficient (Wildman–Crippen LogP) is 4.85. The quantitative estimate of drug-likeness (QED) is 0.576. The number of rotatable bonds is 9. The van der Waals surface area contributed by atoms with E-state index in [0.29, 0.717) is 24.2 Å². The third kappa shape index (κ3) is 4.62. The lowest BCUT2D eigenvalue weighted by molar-refractivity contribution is -0.0874. The molecule has 2 aromatic rings. The zero-order valence-corrected chi connectivity index (χ0v) is 17.6. The van der Waals surface area contributed by atoms with Gasteiger partial charge in [-0.05, 0) is 90.8 Å². The van der Waals surface area contributed by atoms with Gasteiger partial charge in [0.2, 0.25) is 0 Å². The molecule has 30 heavy (non-hydrogen) atoms. The second-order valence-electron chi connectivity index (χ2n) is 8.94. The van der Waals surface area contributed by atoms with Crippen molar-refractivity contribution in [2.45, 2.75) is 50.7 Å². The maximum Gasteiger partial charge on any atom is 0.154 e. The first-order valence-corrected chi connectivity index (χ1v) is 10.9. The zero-order chi connectivity index (χ0) is 21.3. The van der Waals surface area contributed by atoms with Crippen molar-refractivity contribution in [3.63, 3.8) is 0 Å². The summed E-state index contributed by atoms with van der Waals surface area (Å²) in [6.45, 7) is 2.51. The van der Waals surface area contributed by atoms with Crippen molar-refractivity contribution in [2.75, 3.05) is 13.7 Å². The van der Waals surface area contributed by atoms with Crippen LogP contribution in [0.1, 0.15) is 55.6 Å². The molecule has 0 aliphatic heterocycles. The van der Waals surface area contributed by atoms with Gasteiger partial charge < -0.3 is 19.7 Å². The molecule has 5 heteroatoms. The fraction of sp³-hybridized carbons (Fsp3) is 0.520. The fourth-order valence-electron chi connectivity index (χ4n) is 4.76. The van der Waals surface area contributed by atoms with Crippen LogP contribution in [0.4, 0.5) is 4.39 Å². The molecular formula is C25H31FO4. The number of halogens is 1. The summed E-state index contributed by atoms with van der Waals surface area (Å²) < 4.78 is 25.4. The van der Waals surface area contributed by atoms with Crippen LogP contribution in [0.5, 0.6) is 11.5 Å². The highest BCUT2D eigenvalue weighted by atomic mass is 19.1. The summed E-state index contributed by atoms with van der Waals surface area (Å²) >= 11 is 0. The highest BCUT2D eigenvalue weighted by Crippen LogP contribution is 2.48. The first kappa shape index (κ1) is 21.1. The Hall–Kier alpha value is -2.11.